The molecule has 0 N–H and O–H groups in total. The van der Waals surface area contributed by atoms with E-state index in [0.29, 0.717) is 4.47 Å². The molecule has 1 aliphatic rings. The van der Waals surface area contributed by atoms with E-state index in [1.165, 1.54) is 24.1 Å². The quantitative estimate of drug-likeness (QED) is 0.777. The first-order valence-electron chi connectivity index (χ1n) is 6.85. The number of methoxy groups -OCH3 is 1. The molecule has 1 fully saturated rings. The maximum Gasteiger partial charge on any atom is 0.325 e. The predicted molar refractivity (Wildman–Crippen MR) is 79.4 cm³/mol. The Labute approximate surface area is 131 Å². The van der Waals surface area contributed by atoms with Gasteiger partial charge in [-0.15, -0.1) is 0 Å². The maximum absolute atomic E-state index is 13.5. The number of hydrogen-bond donors (Lipinski definition) is 0. The number of esters is 1. The van der Waals surface area contributed by atoms with E-state index < -0.39 is 11.8 Å². The lowest BCUT2D eigenvalue weighted by Crippen LogP contribution is -2.42. The van der Waals surface area contributed by atoms with Crippen LogP contribution in [-0.4, -0.2) is 36.5 Å². The monoisotopic (exact) mass is 357 g/mol. The van der Waals surface area contributed by atoms with Gasteiger partial charge in [0.2, 0.25) is 0 Å². The van der Waals surface area contributed by atoms with E-state index in [4.69, 9.17) is 0 Å². The lowest BCUT2D eigenvalue weighted by atomic mass is 10.1. The van der Waals surface area contributed by atoms with Gasteiger partial charge in [-0.3, -0.25) is 9.59 Å². The lowest BCUT2D eigenvalue weighted by molar-refractivity contribution is -0.141. The number of carbonyl (C=O) groups excluding carboxylic acids is 2. The normalized spacial score (nSPS) is 15.0. The van der Waals surface area contributed by atoms with Crippen LogP contribution in [0.3, 0.4) is 0 Å². The second-order valence-electron chi connectivity index (χ2n) is 5.11. The van der Waals surface area contributed by atoms with Crippen molar-refractivity contribution in [3.63, 3.8) is 0 Å². The Bertz CT molecular complexity index is 523. The van der Waals surface area contributed by atoms with Crippen LogP contribution in [0.25, 0.3) is 0 Å². The van der Waals surface area contributed by atoms with Crippen molar-refractivity contribution in [3.05, 3.63) is 34.1 Å². The second-order valence-corrected chi connectivity index (χ2v) is 6.02. The number of amides is 1. The highest BCUT2D eigenvalue weighted by Gasteiger charge is 2.29. The molecule has 0 radical (unpaired) electrons. The fourth-order valence-corrected chi connectivity index (χ4v) is 3.09. The topological polar surface area (TPSA) is 46.6 Å². The average Bonchev–Trinajstić information content (AvgIpc) is 2.96. The Kier molecular flexibility index (Phi) is 5.33. The number of halogens is 2. The summed E-state index contributed by atoms with van der Waals surface area (Å²) in [4.78, 5) is 25.7. The molecule has 21 heavy (non-hydrogen) atoms. The summed E-state index contributed by atoms with van der Waals surface area (Å²) in [7, 11) is 1.29. The molecule has 2 rings (SSSR count). The third kappa shape index (κ3) is 4.03. The van der Waals surface area contributed by atoms with Crippen LogP contribution in [0.2, 0.25) is 0 Å². The van der Waals surface area contributed by atoms with Gasteiger partial charge in [-0.05, 0) is 31.0 Å². The van der Waals surface area contributed by atoms with Crippen LogP contribution in [-0.2, 0) is 9.53 Å². The summed E-state index contributed by atoms with van der Waals surface area (Å²) in [6, 6.07) is 4.05. The van der Waals surface area contributed by atoms with E-state index in [-0.39, 0.29) is 24.1 Å². The molecule has 1 aliphatic carbocycles. The van der Waals surface area contributed by atoms with Crippen molar-refractivity contribution in [3.8, 4) is 0 Å². The third-order valence-corrected chi connectivity index (χ3v) is 4.12. The van der Waals surface area contributed by atoms with Crippen molar-refractivity contribution in [1.29, 1.82) is 0 Å². The Morgan fingerprint density at radius 2 is 2.00 bits per heavy atom. The van der Waals surface area contributed by atoms with Crippen LogP contribution < -0.4 is 0 Å². The van der Waals surface area contributed by atoms with Crippen LogP contribution in [0.1, 0.15) is 36.0 Å². The lowest BCUT2D eigenvalue weighted by Gasteiger charge is -2.28. The van der Waals surface area contributed by atoms with Gasteiger partial charge >= 0.3 is 5.97 Å². The van der Waals surface area contributed by atoms with Crippen molar-refractivity contribution in [2.45, 2.75) is 31.7 Å². The second kappa shape index (κ2) is 7.02. The molecular formula is C15H17BrFNO3. The molecule has 0 bridgehead atoms. The maximum atomic E-state index is 13.5. The van der Waals surface area contributed by atoms with Crippen LogP contribution >= 0.6 is 15.9 Å². The Balaban J connectivity index is 2.25. The zero-order valence-electron chi connectivity index (χ0n) is 11.8. The molecule has 114 valence electrons. The smallest absolute Gasteiger partial charge is 0.325 e. The average molecular weight is 358 g/mol. The number of carbonyl (C=O) groups is 2. The van der Waals surface area contributed by atoms with Gasteiger partial charge in [0.15, 0.2) is 0 Å². The fourth-order valence-electron chi connectivity index (χ4n) is 2.63. The Morgan fingerprint density at radius 1 is 1.33 bits per heavy atom. The van der Waals surface area contributed by atoms with Gasteiger partial charge in [0.1, 0.15) is 12.4 Å². The fraction of sp³-hybridized carbons (Fsp3) is 0.467. The standard InChI is InChI=1S/C15H17BrFNO3/c1-21-14(19)9-18(13-4-2-3-5-13)15(20)10-6-11(16)8-12(17)7-10/h6-8,13H,2-5,9H2,1H3. The van der Waals surface area contributed by atoms with E-state index >= 15 is 0 Å². The minimum Gasteiger partial charge on any atom is -0.468 e. The summed E-state index contributed by atoms with van der Waals surface area (Å²) >= 11 is 3.18. The van der Waals surface area contributed by atoms with E-state index in [1.807, 2.05) is 0 Å². The largest absolute Gasteiger partial charge is 0.468 e. The van der Waals surface area contributed by atoms with Gasteiger partial charge in [0, 0.05) is 16.1 Å². The molecule has 0 unspecified atom stereocenters. The zero-order valence-corrected chi connectivity index (χ0v) is 13.4. The molecule has 0 aliphatic heterocycles. The predicted octanol–water partition coefficient (Wildman–Crippen LogP) is 3.15. The van der Waals surface area contributed by atoms with Crippen molar-refractivity contribution >= 4 is 27.8 Å². The van der Waals surface area contributed by atoms with Crippen LogP contribution in [0, 0.1) is 5.82 Å². The highest BCUT2D eigenvalue weighted by molar-refractivity contribution is 9.10. The molecule has 0 saturated heterocycles. The summed E-state index contributed by atoms with van der Waals surface area (Å²) in [6.07, 6.45) is 3.78. The van der Waals surface area contributed by atoms with E-state index in [2.05, 4.69) is 20.7 Å². The molecular weight excluding hydrogens is 341 g/mol. The van der Waals surface area contributed by atoms with Gasteiger partial charge in [-0.1, -0.05) is 28.8 Å². The number of hydrogen-bond acceptors (Lipinski definition) is 3. The minimum atomic E-state index is -0.489. The van der Waals surface area contributed by atoms with Gasteiger partial charge in [0.05, 0.1) is 7.11 Å². The van der Waals surface area contributed by atoms with Crippen molar-refractivity contribution in [2.75, 3.05) is 13.7 Å². The number of rotatable bonds is 4. The first-order valence-corrected chi connectivity index (χ1v) is 7.64. The van der Waals surface area contributed by atoms with Crippen LogP contribution in [0.15, 0.2) is 22.7 Å². The van der Waals surface area contributed by atoms with E-state index in [1.54, 1.807) is 6.07 Å². The number of ether oxygens (including phenoxy) is 1. The summed E-state index contributed by atoms with van der Waals surface area (Å²) < 4.78 is 18.6. The molecule has 1 saturated carbocycles. The Hall–Kier alpha value is -1.43. The molecule has 0 heterocycles. The zero-order chi connectivity index (χ0) is 15.4. The summed E-state index contributed by atoms with van der Waals surface area (Å²) in [5.41, 5.74) is 0.234. The third-order valence-electron chi connectivity index (χ3n) is 3.66. The first-order chi connectivity index (χ1) is 10.0. The van der Waals surface area contributed by atoms with Gasteiger partial charge < -0.3 is 9.64 Å². The molecule has 0 atom stereocenters. The van der Waals surface area contributed by atoms with Gasteiger partial charge in [-0.2, -0.15) is 0 Å². The van der Waals surface area contributed by atoms with Crippen molar-refractivity contribution < 1.29 is 18.7 Å². The molecule has 0 spiro atoms. The van der Waals surface area contributed by atoms with Crippen molar-refractivity contribution in [2.24, 2.45) is 0 Å². The first kappa shape index (κ1) is 15.9. The molecule has 1 aromatic carbocycles. The highest BCUT2D eigenvalue weighted by Crippen LogP contribution is 2.26. The molecule has 1 aromatic rings. The van der Waals surface area contributed by atoms with Gasteiger partial charge in [0.25, 0.3) is 5.91 Å². The highest BCUT2D eigenvalue weighted by atomic mass is 79.9. The van der Waals surface area contributed by atoms with Crippen LogP contribution in [0.5, 0.6) is 0 Å². The molecule has 0 aromatic heterocycles. The number of benzene rings is 1. The molecule has 1 amide bonds. The van der Waals surface area contributed by atoms with E-state index in [9.17, 15) is 14.0 Å². The summed E-state index contributed by atoms with van der Waals surface area (Å²) in [6.45, 7) is -0.103. The SMILES string of the molecule is COC(=O)CN(C(=O)c1cc(F)cc(Br)c1)C1CCCC1. The minimum absolute atomic E-state index is 0.0126. The summed E-state index contributed by atoms with van der Waals surface area (Å²) in [5.74, 6) is -1.30. The molecule has 4 nitrogen and oxygen atoms in total. The molecule has 6 heteroatoms. The van der Waals surface area contributed by atoms with Crippen molar-refractivity contribution in [1.82, 2.24) is 4.90 Å². The Morgan fingerprint density at radius 3 is 2.57 bits per heavy atom. The number of nitrogens with zero attached hydrogens (tertiary/aromatic N) is 1. The summed E-state index contributed by atoms with van der Waals surface area (Å²) in [5, 5.41) is 0. The van der Waals surface area contributed by atoms with Gasteiger partial charge in [-0.25, -0.2) is 4.39 Å². The van der Waals surface area contributed by atoms with E-state index in [0.717, 1.165) is 25.7 Å². The van der Waals surface area contributed by atoms with Crippen LogP contribution in [0.4, 0.5) is 4.39 Å².